The van der Waals surface area contributed by atoms with Crippen molar-refractivity contribution in [3.05, 3.63) is 12.2 Å². The van der Waals surface area contributed by atoms with Gasteiger partial charge in [0.05, 0.1) is 0 Å². The number of halogens is 1. The van der Waals surface area contributed by atoms with Crippen LogP contribution in [0, 0.1) is 0 Å². The van der Waals surface area contributed by atoms with Gasteiger partial charge in [-0.1, -0.05) is 38.3 Å². The Hall–Kier alpha value is 0.0300. The lowest BCUT2D eigenvalue weighted by molar-refractivity contribution is 0.676. The Morgan fingerprint density at radius 2 is 1.58 bits per heavy atom. The molecule has 0 spiro atoms. The number of unbranched alkanes of at least 4 members (excludes halogenated alkanes) is 5. The molecule has 0 saturated heterocycles. The van der Waals surface area contributed by atoms with Crippen molar-refractivity contribution in [2.75, 3.05) is 5.88 Å². The Morgan fingerprint density at radius 3 is 2.25 bits per heavy atom. The van der Waals surface area contributed by atoms with E-state index < -0.39 is 0 Å². The molecular formula is C11H21Cl. The van der Waals surface area contributed by atoms with E-state index in [9.17, 15) is 0 Å². The Kier molecular flexibility index (Phi) is 11.1. The van der Waals surface area contributed by atoms with Crippen LogP contribution in [0.3, 0.4) is 0 Å². The van der Waals surface area contributed by atoms with Crippen LogP contribution in [0.1, 0.15) is 51.9 Å². The van der Waals surface area contributed by atoms with Gasteiger partial charge in [-0.2, -0.15) is 0 Å². The monoisotopic (exact) mass is 188 g/mol. The molecule has 0 N–H and O–H groups in total. The van der Waals surface area contributed by atoms with Crippen LogP contribution < -0.4 is 0 Å². The Morgan fingerprint density at radius 1 is 0.917 bits per heavy atom. The molecule has 0 aromatic carbocycles. The first kappa shape index (κ1) is 12.0. The van der Waals surface area contributed by atoms with E-state index in [1.54, 1.807) is 0 Å². The van der Waals surface area contributed by atoms with Gasteiger partial charge in [0.25, 0.3) is 0 Å². The van der Waals surface area contributed by atoms with Crippen molar-refractivity contribution in [1.82, 2.24) is 0 Å². The molecule has 0 fully saturated rings. The Labute approximate surface area is 82.0 Å². The zero-order chi connectivity index (χ0) is 9.07. The van der Waals surface area contributed by atoms with Crippen molar-refractivity contribution in [2.24, 2.45) is 0 Å². The second kappa shape index (κ2) is 11.0. The summed E-state index contributed by atoms with van der Waals surface area (Å²) >= 11 is 5.57. The van der Waals surface area contributed by atoms with Crippen LogP contribution in [-0.4, -0.2) is 5.88 Å². The molecule has 0 aliphatic heterocycles. The maximum Gasteiger partial charge on any atom is 0.0223 e. The zero-order valence-electron chi connectivity index (χ0n) is 8.19. The van der Waals surface area contributed by atoms with Gasteiger partial charge < -0.3 is 0 Å². The topological polar surface area (TPSA) is 0 Å². The third kappa shape index (κ3) is 10.0. The van der Waals surface area contributed by atoms with Crippen LogP contribution >= 0.6 is 11.6 Å². The molecular weight excluding hydrogens is 168 g/mol. The molecule has 0 saturated carbocycles. The molecule has 0 unspecified atom stereocenters. The fourth-order valence-corrected chi connectivity index (χ4v) is 1.30. The lowest BCUT2D eigenvalue weighted by Crippen LogP contribution is -1.77. The van der Waals surface area contributed by atoms with Crippen LogP contribution in [0.15, 0.2) is 12.2 Å². The molecule has 0 aliphatic carbocycles. The number of allylic oxidation sites excluding steroid dienone is 2. The molecule has 0 bridgehead atoms. The summed E-state index contributed by atoms with van der Waals surface area (Å²) in [4.78, 5) is 0. The van der Waals surface area contributed by atoms with E-state index >= 15 is 0 Å². The number of hydrogen-bond acceptors (Lipinski definition) is 0. The number of alkyl halides is 1. The lowest BCUT2D eigenvalue weighted by atomic mass is 10.1. The molecule has 12 heavy (non-hydrogen) atoms. The summed E-state index contributed by atoms with van der Waals surface area (Å²) in [5.41, 5.74) is 0. The highest BCUT2D eigenvalue weighted by atomic mass is 35.5. The number of hydrogen-bond donors (Lipinski definition) is 0. The van der Waals surface area contributed by atoms with Crippen molar-refractivity contribution in [1.29, 1.82) is 0 Å². The Bertz CT molecular complexity index is 97.2. The first-order chi connectivity index (χ1) is 5.91. The standard InChI is InChI=1S/C11H21Cl/c1-2-3-4-5-6-7-8-9-10-11-12/h4-5H,2-3,6-11H2,1H3/b5-4+. The predicted molar refractivity (Wildman–Crippen MR) is 57.9 cm³/mol. The van der Waals surface area contributed by atoms with E-state index in [1.807, 2.05) is 0 Å². The average molecular weight is 189 g/mol. The van der Waals surface area contributed by atoms with Crippen molar-refractivity contribution >= 4 is 11.6 Å². The first-order valence-corrected chi connectivity index (χ1v) is 5.66. The predicted octanol–water partition coefficient (Wildman–Crippen LogP) is 4.53. The SMILES string of the molecule is CCC/C=C/CCCCCCCl. The third-order valence-electron chi connectivity index (χ3n) is 1.88. The normalized spacial score (nSPS) is 11.2. The molecule has 72 valence electrons. The molecule has 0 radical (unpaired) electrons. The minimum Gasteiger partial charge on any atom is -0.127 e. The smallest absolute Gasteiger partial charge is 0.0223 e. The molecule has 0 atom stereocenters. The summed E-state index contributed by atoms with van der Waals surface area (Å²) in [6.45, 7) is 2.21. The van der Waals surface area contributed by atoms with Gasteiger partial charge in [-0.3, -0.25) is 0 Å². The molecule has 0 nitrogen and oxygen atoms in total. The Balaban J connectivity index is 2.90. The van der Waals surface area contributed by atoms with Gasteiger partial charge in [-0.05, 0) is 25.7 Å². The van der Waals surface area contributed by atoms with Gasteiger partial charge in [0, 0.05) is 5.88 Å². The van der Waals surface area contributed by atoms with E-state index in [-0.39, 0.29) is 0 Å². The van der Waals surface area contributed by atoms with Crippen molar-refractivity contribution < 1.29 is 0 Å². The average Bonchev–Trinajstić information content (AvgIpc) is 2.10. The maximum absolute atomic E-state index is 5.57. The first-order valence-electron chi connectivity index (χ1n) is 5.12. The minimum absolute atomic E-state index is 0.825. The summed E-state index contributed by atoms with van der Waals surface area (Å²) < 4.78 is 0. The van der Waals surface area contributed by atoms with Crippen molar-refractivity contribution in [3.63, 3.8) is 0 Å². The molecule has 1 heteroatoms. The van der Waals surface area contributed by atoms with Gasteiger partial charge in [-0.25, -0.2) is 0 Å². The minimum atomic E-state index is 0.825. The highest BCUT2D eigenvalue weighted by molar-refractivity contribution is 6.17. The van der Waals surface area contributed by atoms with E-state index in [2.05, 4.69) is 19.1 Å². The van der Waals surface area contributed by atoms with Crippen molar-refractivity contribution in [3.8, 4) is 0 Å². The fraction of sp³-hybridized carbons (Fsp3) is 0.818. The molecule has 0 aliphatic rings. The van der Waals surface area contributed by atoms with Gasteiger partial charge >= 0.3 is 0 Å². The second-order valence-electron chi connectivity index (χ2n) is 3.15. The van der Waals surface area contributed by atoms with Crippen LogP contribution in [0.2, 0.25) is 0 Å². The molecule has 0 amide bonds. The summed E-state index contributed by atoms with van der Waals surface area (Å²) in [5, 5.41) is 0. The molecule has 0 heterocycles. The lowest BCUT2D eigenvalue weighted by Gasteiger charge is -1.95. The van der Waals surface area contributed by atoms with E-state index in [1.165, 1.54) is 44.9 Å². The van der Waals surface area contributed by atoms with Crippen LogP contribution in [0.5, 0.6) is 0 Å². The van der Waals surface area contributed by atoms with Crippen molar-refractivity contribution in [2.45, 2.75) is 51.9 Å². The van der Waals surface area contributed by atoms with Crippen LogP contribution in [0.4, 0.5) is 0 Å². The summed E-state index contributed by atoms with van der Waals surface area (Å²) in [6, 6.07) is 0. The van der Waals surface area contributed by atoms with Crippen LogP contribution in [0.25, 0.3) is 0 Å². The van der Waals surface area contributed by atoms with Crippen LogP contribution in [-0.2, 0) is 0 Å². The van der Waals surface area contributed by atoms with E-state index in [4.69, 9.17) is 11.6 Å². The summed E-state index contributed by atoms with van der Waals surface area (Å²) in [5.74, 6) is 0.825. The summed E-state index contributed by atoms with van der Waals surface area (Å²) in [6.07, 6.45) is 13.5. The number of rotatable bonds is 8. The molecule has 0 rings (SSSR count). The van der Waals surface area contributed by atoms with E-state index in [0.717, 1.165) is 5.88 Å². The summed E-state index contributed by atoms with van der Waals surface area (Å²) in [7, 11) is 0. The van der Waals surface area contributed by atoms with E-state index in [0.29, 0.717) is 0 Å². The second-order valence-corrected chi connectivity index (χ2v) is 3.53. The molecule has 0 aromatic heterocycles. The quantitative estimate of drug-likeness (QED) is 0.298. The highest BCUT2D eigenvalue weighted by Crippen LogP contribution is 2.04. The van der Waals surface area contributed by atoms with Gasteiger partial charge in [0.15, 0.2) is 0 Å². The van der Waals surface area contributed by atoms with Gasteiger partial charge in [0.1, 0.15) is 0 Å². The van der Waals surface area contributed by atoms with Gasteiger partial charge in [0.2, 0.25) is 0 Å². The zero-order valence-corrected chi connectivity index (χ0v) is 8.95. The molecule has 0 aromatic rings. The maximum atomic E-state index is 5.57. The third-order valence-corrected chi connectivity index (χ3v) is 2.14. The largest absolute Gasteiger partial charge is 0.127 e. The highest BCUT2D eigenvalue weighted by Gasteiger charge is 1.86. The fourth-order valence-electron chi connectivity index (χ4n) is 1.11. The van der Waals surface area contributed by atoms with Gasteiger partial charge in [-0.15, -0.1) is 11.6 Å².